The number of nitrogens with two attached hydrogens (primary N) is 1. The molecule has 0 atom stereocenters. The average molecular weight is 295 g/mol. The van der Waals surface area contributed by atoms with E-state index in [-0.39, 0.29) is 22.8 Å². The molecule has 0 fully saturated rings. The Hall–Kier alpha value is -1.91. The molecule has 0 heterocycles. The SMILES string of the molecule is CC(C)(NCCS(=O)(=O)c1cccc(C#N)c1)C(N)=O. The normalized spacial score (nSPS) is 11.8. The third-order valence-electron chi connectivity index (χ3n) is 2.88. The highest BCUT2D eigenvalue weighted by atomic mass is 32.2. The van der Waals surface area contributed by atoms with Gasteiger partial charge in [-0.05, 0) is 32.0 Å². The van der Waals surface area contributed by atoms with Gasteiger partial charge < -0.3 is 11.1 Å². The molecule has 0 unspecified atom stereocenters. The van der Waals surface area contributed by atoms with Crippen LogP contribution >= 0.6 is 0 Å². The van der Waals surface area contributed by atoms with Gasteiger partial charge in [0.05, 0.1) is 27.8 Å². The van der Waals surface area contributed by atoms with Crippen LogP contribution in [0.2, 0.25) is 0 Å². The van der Waals surface area contributed by atoms with Crippen molar-refractivity contribution in [3.05, 3.63) is 29.8 Å². The zero-order chi connectivity index (χ0) is 15.4. The molecule has 0 aliphatic carbocycles. The maximum absolute atomic E-state index is 12.1. The Morgan fingerprint density at radius 2 is 2.10 bits per heavy atom. The molecule has 0 saturated heterocycles. The van der Waals surface area contributed by atoms with Crippen LogP contribution in [-0.4, -0.2) is 32.2 Å². The summed E-state index contributed by atoms with van der Waals surface area (Å²) >= 11 is 0. The molecule has 0 spiro atoms. The summed E-state index contributed by atoms with van der Waals surface area (Å²) in [6.07, 6.45) is 0. The Morgan fingerprint density at radius 3 is 2.65 bits per heavy atom. The van der Waals surface area contributed by atoms with Gasteiger partial charge in [-0.1, -0.05) is 6.07 Å². The Labute approximate surface area is 118 Å². The first-order valence-electron chi connectivity index (χ1n) is 5.97. The van der Waals surface area contributed by atoms with Crippen molar-refractivity contribution in [3.8, 4) is 6.07 Å². The summed E-state index contributed by atoms with van der Waals surface area (Å²) in [5.74, 6) is -0.736. The number of hydrogen-bond donors (Lipinski definition) is 2. The Morgan fingerprint density at radius 1 is 1.45 bits per heavy atom. The predicted octanol–water partition coefficient (Wildman–Crippen LogP) is 0.185. The second-order valence-corrected chi connectivity index (χ2v) is 6.98. The zero-order valence-corrected chi connectivity index (χ0v) is 12.2. The summed E-state index contributed by atoms with van der Waals surface area (Å²) in [7, 11) is -3.51. The fraction of sp³-hybridized carbons (Fsp3) is 0.385. The number of nitrogens with zero attached hydrogens (tertiary/aromatic N) is 1. The monoisotopic (exact) mass is 295 g/mol. The van der Waals surface area contributed by atoms with E-state index < -0.39 is 21.3 Å². The molecule has 0 aliphatic heterocycles. The van der Waals surface area contributed by atoms with Gasteiger partial charge in [-0.2, -0.15) is 5.26 Å². The van der Waals surface area contributed by atoms with Crippen LogP contribution in [0.15, 0.2) is 29.2 Å². The highest BCUT2D eigenvalue weighted by Gasteiger charge is 2.25. The summed E-state index contributed by atoms with van der Waals surface area (Å²) < 4.78 is 24.2. The molecular formula is C13H17N3O3S. The average Bonchev–Trinajstić information content (AvgIpc) is 2.38. The van der Waals surface area contributed by atoms with E-state index >= 15 is 0 Å². The summed E-state index contributed by atoms with van der Waals surface area (Å²) in [6, 6.07) is 7.72. The number of carbonyl (C=O) groups excluding carboxylic acids is 1. The van der Waals surface area contributed by atoms with Gasteiger partial charge >= 0.3 is 0 Å². The van der Waals surface area contributed by atoms with Crippen molar-refractivity contribution in [2.45, 2.75) is 24.3 Å². The zero-order valence-electron chi connectivity index (χ0n) is 11.4. The Kier molecular flexibility index (Phi) is 4.87. The van der Waals surface area contributed by atoms with Gasteiger partial charge in [0.15, 0.2) is 9.84 Å². The Balaban J connectivity index is 2.76. The number of benzene rings is 1. The first-order valence-corrected chi connectivity index (χ1v) is 7.62. The van der Waals surface area contributed by atoms with Crippen molar-refractivity contribution in [2.24, 2.45) is 5.73 Å². The number of carbonyl (C=O) groups is 1. The first-order chi connectivity index (χ1) is 9.19. The number of primary amides is 1. The summed E-state index contributed by atoms with van der Waals surface area (Å²) in [5, 5.41) is 11.6. The highest BCUT2D eigenvalue weighted by molar-refractivity contribution is 7.91. The van der Waals surface area contributed by atoms with Gasteiger partial charge in [-0.3, -0.25) is 4.79 Å². The maximum atomic E-state index is 12.1. The van der Waals surface area contributed by atoms with Crippen LogP contribution in [0.3, 0.4) is 0 Å². The second kappa shape index (κ2) is 6.03. The largest absolute Gasteiger partial charge is 0.368 e. The smallest absolute Gasteiger partial charge is 0.237 e. The van der Waals surface area contributed by atoms with Crippen molar-refractivity contribution in [1.82, 2.24) is 5.32 Å². The molecular weight excluding hydrogens is 278 g/mol. The van der Waals surface area contributed by atoms with E-state index in [1.807, 2.05) is 6.07 Å². The summed E-state index contributed by atoms with van der Waals surface area (Å²) in [5.41, 5.74) is 4.50. The fourth-order valence-electron chi connectivity index (χ4n) is 1.46. The van der Waals surface area contributed by atoms with E-state index in [1.54, 1.807) is 13.8 Å². The van der Waals surface area contributed by atoms with Gasteiger partial charge in [0.25, 0.3) is 0 Å². The van der Waals surface area contributed by atoms with Crippen LogP contribution in [-0.2, 0) is 14.6 Å². The summed E-state index contributed by atoms with van der Waals surface area (Å²) in [4.78, 5) is 11.2. The van der Waals surface area contributed by atoms with Crippen LogP contribution < -0.4 is 11.1 Å². The van der Waals surface area contributed by atoms with E-state index in [0.29, 0.717) is 0 Å². The third-order valence-corrected chi connectivity index (χ3v) is 4.59. The Bertz CT molecular complexity index is 645. The molecule has 1 aromatic carbocycles. The van der Waals surface area contributed by atoms with Crippen molar-refractivity contribution in [2.75, 3.05) is 12.3 Å². The van der Waals surface area contributed by atoms with Crippen LogP contribution in [0.1, 0.15) is 19.4 Å². The van der Waals surface area contributed by atoms with Gasteiger partial charge in [-0.15, -0.1) is 0 Å². The molecule has 0 radical (unpaired) electrons. The third kappa shape index (κ3) is 4.05. The lowest BCUT2D eigenvalue weighted by Crippen LogP contribution is -2.51. The van der Waals surface area contributed by atoms with Crippen molar-refractivity contribution < 1.29 is 13.2 Å². The van der Waals surface area contributed by atoms with Crippen molar-refractivity contribution >= 4 is 15.7 Å². The topological polar surface area (TPSA) is 113 Å². The number of sulfone groups is 1. The quantitative estimate of drug-likeness (QED) is 0.777. The van der Waals surface area contributed by atoms with E-state index in [2.05, 4.69) is 5.32 Å². The molecule has 1 amide bonds. The van der Waals surface area contributed by atoms with Crippen molar-refractivity contribution in [1.29, 1.82) is 5.26 Å². The van der Waals surface area contributed by atoms with Crippen LogP contribution in [0.25, 0.3) is 0 Å². The van der Waals surface area contributed by atoms with Gasteiger partial charge in [0.1, 0.15) is 0 Å². The first kappa shape index (κ1) is 16.1. The molecule has 0 aromatic heterocycles. The maximum Gasteiger partial charge on any atom is 0.237 e. The highest BCUT2D eigenvalue weighted by Crippen LogP contribution is 2.13. The number of hydrogen-bond acceptors (Lipinski definition) is 5. The molecule has 0 bridgehead atoms. The van der Waals surface area contributed by atoms with E-state index in [9.17, 15) is 13.2 Å². The van der Waals surface area contributed by atoms with Crippen LogP contribution in [0.4, 0.5) is 0 Å². The number of nitrogens with one attached hydrogen (secondary N) is 1. The molecule has 20 heavy (non-hydrogen) atoms. The second-order valence-electron chi connectivity index (χ2n) is 4.87. The minimum atomic E-state index is -3.51. The molecule has 7 heteroatoms. The number of nitriles is 1. The minimum Gasteiger partial charge on any atom is -0.368 e. The van der Waals surface area contributed by atoms with E-state index in [4.69, 9.17) is 11.0 Å². The predicted molar refractivity (Wildman–Crippen MR) is 74.5 cm³/mol. The van der Waals surface area contributed by atoms with E-state index in [0.717, 1.165) is 0 Å². The minimum absolute atomic E-state index is 0.0923. The fourth-order valence-corrected chi connectivity index (χ4v) is 2.66. The number of amides is 1. The lowest BCUT2D eigenvalue weighted by Gasteiger charge is -2.22. The van der Waals surface area contributed by atoms with Gasteiger partial charge in [0.2, 0.25) is 5.91 Å². The lowest BCUT2D eigenvalue weighted by atomic mass is 10.1. The summed E-state index contributed by atoms with van der Waals surface area (Å²) in [6.45, 7) is 3.26. The standard InChI is InChI=1S/C13H17N3O3S/c1-13(2,12(15)17)16-6-7-20(18,19)11-5-3-4-10(8-11)9-14/h3-5,8,16H,6-7H2,1-2H3,(H2,15,17). The van der Waals surface area contributed by atoms with Crippen LogP contribution in [0.5, 0.6) is 0 Å². The molecule has 1 rings (SSSR count). The lowest BCUT2D eigenvalue weighted by molar-refractivity contribution is -0.123. The molecule has 6 nitrogen and oxygen atoms in total. The van der Waals surface area contributed by atoms with Gasteiger partial charge in [0, 0.05) is 6.54 Å². The van der Waals surface area contributed by atoms with Crippen LogP contribution in [0, 0.1) is 11.3 Å². The van der Waals surface area contributed by atoms with E-state index in [1.165, 1.54) is 24.3 Å². The van der Waals surface area contributed by atoms with Crippen molar-refractivity contribution in [3.63, 3.8) is 0 Å². The molecule has 3 N–H and O–H groups in total. The molecule has 108 valence electrons. The molecule has 1 aromatic rings. The van der Waals surface area contributed by atoms with Gasteiger partial charge in [-0.25, -0.2) is 8.42 Å². The molecule has 0 saturated carbocycles. The number of rotatable bonds is 6. The molecule has 0 aliphatic rings.